The average Bonchev–Trinajstić information content (AvgIpc) is 3.05. The average molecular weight is 346 g/mol. The van der Waals surface area contributed by atoms with Gasteiger partial charge >= 0.3 is 11.4 Å². The fourth-order valence-electron chi connectivity index (χ4n) is 3.60. The van der Waals surface area contributed by atoms with Crippen molar-refractivity contribution < 1.29 is 0 Å². The van der Waals surface area contributed by atoms with Crippen molar-refractivity contribution in [1.82, 2.24) is 19.5 Å². The molecule has 0 bridgehead atoms. The van der Waals surface area contributed by atoms with Gasteiger partial charge in [0.15, 0.2) is 0 Å². The van der Waals surface area contributed by atoms with Gasteiger partial charge in [0.05, 0.1) is 0 Å². The molecule has 0 atom stereocenters. The van der Waals surface area contributed by atoms with E-state index in [1.54, 1.807) is 0 Å². The standard InChI is InChI=1S/C13H18N2O2.C4H4N2O2/c16-12-10-7-4-8-11(10)14-13(17)15(12)9-5-2-1-3-6-9;7-3-1-2-5-4(8)6-3/h9H,1-8H2,(H,14,17);1-2H,(H2,5,6,7,8). The van der Waals surface area contributed by atoms with Crippen LogP contribution in [0.2, 0.25) is 0 Å². The minimum absolute atomic E-state index is 0.0202. The van der Waals surface area contributed by atoms with Crippen LogP contribution in [0, 0.1) is 0 Å². The number of H-pyrrole nitrogens is 3. The molecule has 0 aliphatic heterocycles. The third-order valence-corrected chi connectivity index (χ3v) is 4.80. The molecule has 2 aromatic heterocycles. The van der Waals surface area contributed by atoms with Crippen LogP contribution in [-0.4, -0.2) is 19.5 Å². The van der Waals surface area contributed by atoms with Gasteiger partial charge in [0, 0.05) is 29.6 Å². The number of nitrogens with zero attached hydrogens (tertiary/aromatic N) is 1. The highest BCUT2D eigenvalue weighted by atomic mass is 16.2. The van der Waals surface area contributed by atoms with E-state index in [1.165, 1.54) is 23.3 Å². The van der Waals surface area contributed by atoms with Gasteiger partial charge < -0.3 is 9.97 Å². The quantitative estimate of drug-likeness (QED) is 0.700. The summed E-state index contributed by atoms with van der Waals surface area (Å²) in [4.78, 5) is 51.9. The summed E-state index contributed by atoms with van der Waals surface area (Å²) in [5.74, 6) is 0. The maximum Gasteiger partial charge on any atom is 0.328 e. The van der Waals surface area contributed by atoms with Crippen LogP contribution in [0.4, 0.5) is 0 Å². The molecule has 0 unspecified atom stereocenters. The van der Waals surface area contributed by atoms with Crippen molar-refractivity contribution >= 4 is 0 Å². The highest BCUT2D eigenvalue weighted by molar-refractivity contribution is 5.22. The number of aromatic nitrogens is 4. The van der Waals surface area contributed by atoms with Crippen LogP contribution in [-0.2, 0) is 12.8 Å². The highest BCUT2D eigenvalue weighted by Crippen LogP contribution is 2.26. The van der Waals surface area contributed by atoms with Gasteiger partial charge in [-0.3, -0.25) is 19.1 Å². The molecule has 1 saturated carbocycles. The zero-order valence-corrected chi connectivity index (χ0v) is 14.0. The molecule has 134 valence electrons. The molecule has 2 aliphatic carbocycles. The van der Waals surface area contributed by atoms with Gasteiger partial charge in [0.25, 0.3) is 11.1 Å². The highest BCUT2D eigenvalue weighted by Gasteiger charge is 2.23. The Balaban J connectivity index is 0.000000192. The van der Waals surface area contributed by atoms with Gasteiger partial charge in [0.1, 0.15) is 0 Å². The number of hydrogen-bond donors (Lipinski definition) is 3. The van der Waals surface area contributed by atoms with E-state index in [0.717, 1.165) is 56.2 Å². The molecular weight excluding hydrogens is 324 g/mol. The van der Waals surface area contributed by atoms with E-state index in [2.05, 4.69) is 9.97 Å². The minimum atomic E-state index is -0.475. The number of aryl methyl sites for hydroxylation is 1. The molecule has 2 heterocycles. The van der Waals surface area contributed by atoms with Crippen LogP contribution in [0.25, 0.3) is 0 Å². The van der Waals surface area contributed by atoms with Crippen LogP contribution in [0.5, 0.6) is 0 Å². The number of aromatic amines is 3. The van der Waals surface area contributed by atoms with Gasteiger partial charge in [-0.25, -0.2) is 9.59 Å². The van der Waals surface area contributed by atoms with E-state index in [4.69, 9.17) is 0 Å². The number of rotatable bonds is 1. The summed E-state index contributed by atoms with van der Waals surface area (Å²) < 4.78 is 1.49. The van der Waals surface area contributed by atoms with Crippen LogP contribution < -0.4 is 22.5 Å². The zero-order valence-electron chi connectivity index (χ0n) is 14.0. The fourth-order valence-corrected chi connectivity index (χ4v) is 3.60. The van der Waals surface area contributed by atoms with Gasteiger partial charge in [-0.05, 0) is 32.1 Å². The molecule has 2 aliphatic rings. The predicted molar refractivity (Wildman–Crippen MR) is 93.2 cm³/mol. The van der Waals surface area contributed by atoms with Crippen molar-refractivity contribution in [3.8, 4) is 0 Å². The maximum absolute atomic E-state index is 12.3. The predicted octanol–water partition coefficient (Wildman–Crippen LogP) is 0.594. The van der Waals surface area contributed by atoms with Crippen molar-refractivity contribution in [3.63, 3.8) is 0 Å². The van der Waals surface area contributed by atoms with Gasteiger partial charge in [0.2, 0.25) is 0 Å². The molecule has 25 heavy (non-hydrogen) atoms. The third-order valence-electron chi connectivity index (χ3n) is 4.80. The van der Waals surface area contributed by atoms with Crippen LogP contribution >= 0.6 is 0 Å². The van der Waals surface area contributed by atoms with E-state index in [1.807, 2.05) is 4.98 Å². The van der Waals surface area contributed by atoms with E-state index in [9.17, 15) is 19.2 Å². The lowest BCUT2D eigenvalue weighted by atomic mass is 9.95. The van der Waals surface area contributed by atoms with E-state index in [-0.39, 0.29) is 22.9 Å². The van der Waals surface area contributed by atoms with E-state index in [0.29, 0.717) is 0 Å². The lowest BCUT2D eigenvalue weighted by molar-refractivity contribution is 0.335. The molecule has 0 amide bonds. The first-order valence-corrected chi connectivity index (χ1v) is 8.71. The third kappa shape index (κ3) is 3.89. The van der Waals surface area contributed by atoms with Crippen LogP contribution in [0.1, 0.15) is 55.8 Å². The Labute approximate surface area is 143 Å². The summed E-state index contributed by atoms with van der Waals surface area (Å²) >= 11 is 0. The summed E-state index contributed by atoms with van der Waals surface area (Å²) in [5.41, 5.74) is 0.671. The van der Waals surface area contributed by atoms with Crippen LogP contribution in [0.15, 0.2) is 31.4 Å². The molecular formula is C17H22N4O4. The summed E-state index contributed by atoms with van der Waals surface area (Å²) in [6.45, 7) is 0. The largest absolute Gasteiger partial charge is 0.328 e. The van der Waals surface area contributed by atoms with Gasteiger partial charge in [-0.1, -0.05) is 19.3 Å². The summed E-state index contributed by atoms with van der Waals surface area (Å²) in [6.07, 6.45) is 9.41. The van der Waals surface area contributed by atoms with Gasteiger partial charge in [-0.15, -0.1) is 0 Å². The Morgan fingerprint density at radius 3 is 2.32 bits per heavy atom. The zero-order chi connectivity index (χ0) is 17.8. The Kier molecular flexibility index (Phi) is 5.16. The summed E-state index contributed by atoms with van der Waals surface area (Å²) in [6, 6.07) is 1.37. The van der Waals surface area contributed by atoms with Crippen molar-refractivity contribution in [2.24, 2.45) is 0 Å². The molecule has 1 fully saturated rings. The van der Waals surface area contributed by atoms with Crippen LogP contribution in [0.3, 0.4) is 0 Å². The molecule has 3 N–H and O–H groups in total. The molecule has 4 rings (SSSR count). The van der Waals surface area contributed by atoms with E-state index < -0.39 is 5.69 Å². The molecule has 0 radical (unpaired) electrons. The number of fused-ring (bicyclic) bond motifs is 1. The van der Waals surface area contributed by atoms with Crippen molar-refractivity contribution in [3.05, 3.63) is 65.2 Å². The first-order chi connectivity index (χ1) is 12.1. The maximum atomic E-state index is 12.3. The molecule has 0 saturated heterocycles. The van der Waals surface area contributed by atoms with Crippen molar-refractivity contribution in [2.45, 2.75) is 57.4 Å². The number of hydrogen-bond acceptors (Lipinski definition) is 4. The number of nitrogens with one attached hydrogen (secondary N) is 3. The Morgan fingerprint density at radius 1 is 0.920 bits per heavy atom. The fraction of sp³-hybridized carbons (Fsp3) is 0.529. The minimum Gasteiger partial charge on any atom is -0.314 e. The molecule has 8 heteroatoms. The Morgan fingerprint density at radius 2 is 1.68 bits per heavy atom. The smallest absolute Gasteiger partial charge is 0.314 e. The lowest BCUT2D eigenvalue weighted by Crippen LogP contribution is -2.40. The lowest BCUT2D eigenvalue weighted by Gasteiger charge is -2.23. The monoisotopic (exact) mass is 346 g/mol. The molecule has 2 aromatic rings. The summed E-state index contributed by atoms with van der Waals surface area (Å²) in [7, 11) is 0. The Hall–Kier alpha value is -2.64. The second-order valence-corrected chi connectivity index (χ2v) is 6.50. The molecule has 0 spiro atoms. The second kappa shape index (κ2) is 7.50. The first-order valence-electron chi connectivity index (χ1n) is 8.71. The van der Waals surface area contributed by atoms with Gasteiger partial charge in [-0.2, -0.15) is 0 Å². The molecule has 8 nitrogen and oxygen atoms in total. The second-order valence-electron chi connectivity index (χ2n) is 6.50. The SMILES string of the molecule is O=c1[nH]c2c(c(=O)n1C1CCCCC1)CCC2.O=c1cc[nH]c(=O)[nH]1. The topological polar surface area (TPSA) is 121 Å². The van der Waals surface area contributed by atoms with Crippen molar-refractivity contribution in [2.75, 3.05) is 0 Å². The van der Waals surface area contributed by atoms with E-state index >= 15 is 0 Å². The summed E-state index contributed by atoms with van der Waals surface area (Å²) in [5, 5.41) is 0. The normalized spacial score (nSPS) is 16.8. The molecule has 0 aromatic carbocycles. The van der Waals surface area contributed by atoms with Crippen molar-refractivity contribution in [1.29, 1.82) is 0 Å². The Bertz CT molecular complexity index is 935. The first kappa shape index (κ1) is 17.2.